The van der Waals surface area contributed by atoms with Crippen LogP contribution in [0.5, 0.6) is 0 Å². The first kappa shape index (κ1) is 14.4. The lowest BCUT2D eigenvalue weighted by Gasteiger charge is -2.23. The third kappa shape index (κ3) is 3.98. The van der Waals surface area contributed by atoms with E-state index in [0.29, 0.717) is 13.1 Å². The molecule has 3 N–H and O–H groups in total. The number of hydrogen-bond donors (Lipinski definition) is 3. The van der Waals surface area contributed by atoms with Crippen LogP contribution in [0, 0.1) is 0 Å². The molecule has 2 aromatic carbocycles. The minimum atomic E-state index is 0.0734. The van der Waals surface area contributed by atoms with Gasteiger partial charge >= 0.3 is 0 Å². The van der Waals surface area contributed by atoms with Gasteiger partial charge in [0.15, 0.2) is 0 Å². The van der Waals surface area contributed by atoms with Crippen molar-refractivity contribution in [1.29, 1.82) is 0 Å². The Balaban J connectivity index is 2.05. The molecule has 0 radical (unpaired) electrons. The van der Waals surface area contributed by atoms with Crippen LogP contribution in [0.15, 0.2) is 54.6 Å². The van der Waals surface area contributed by atoms with Crippen molar-refractivity contribution in [3.8, 4) is 0 Å². The highest BCUT2D eigenvalue weighted by Crippen LogP contribution is 2.20. The summed E-state index contributed by atoms with van der Waals surface area (Å²) in [4.78, 5) is 1.95. The molecule has 0 fully saturated rings. The maximum absolute atomic E-state index is 9.04. The van der Waals surface area contributed by atoms with Crippen LogP contribution in [-0.4, -0.2) is 36.5 Å². The summed E-state index contributed by atoms with van der Waals surface area (Å²) in [6, 6.07) is 17.9. The summed E-state index contributed by atoms with van der Waals surface area (Å²) < 4.78 is 0. The maximum atomic E-state index is 9.04. The number of aliphatic hydroxyl groups excluding tert-OH is 2. The Morgan fingerprint density at radius 1 is 0.750 bits per heavy atom. The smallest absolute Gasteiger partial charge is 0.0606 e. The average molecular weight is 272 g/mol. The van der Waals surface area contributed by atoms with Crippen molar-refractivity contribution in [3.05, 3.63) is 54.6 Å². The first-order valence-corrected chi connectivity index (χ1v) is 6.72. The largest absolute Gasteiger partial charge is 0.395 e. The highest BCUT2D eigenvalue weighted by molar-refractivity contribution is 5.62. The lowest BCUT2D eigenvalue weighted by molar-refractivity contribution is 0.281. The molecule has 0 aliphatic rings. The number of nitrogens with one attached hydrogen (secondary N) is 1. The van der Waals surface area contributed by atoms with Gasteiger partial charge in [0.1, 0.15) is 0 Å². The summed E-state index contributed by atoms with van der Waals surface area (Å²) in [6.45, 7) is 1.19. The first-order chi connectivity index (χ1) is 9.83. The molecule has 0 aliphatic carbocycles. The van der Waals surface area contributed by atoms with Gasteiger partial charge in [-0.2, -0.15) is 0 Å². The van der Waals surface area contributed by atoms with E-state index in [1.165, 1.54) is 0 Å². The Bertz CT molecular complexity index is 494. The zero-order chi connectivity index (χ0) is 14.2. The average Bonchev–Trinajstić information content (AvgIpc) is 2.49. The second-order valence-electron chi connectivity index (χ2n) is 4.47. The lowest BCUT2D eigenvalue weighted by Crippen LogP contribution is -2.29. The third-order valence-corrected chi connectivity index (χ3v) is 3.03. The van der Waals surface area contributed by atoms with Gasteiger partial charge in [-0.25, -0.2) is 0 Å². The topological polar surface area (TPSA) is 55.7 Å². The van der Waals surface area contributed by atoms with Crippen molar-refractivity contribution in [2.24, 2.45) is 0 Å². The molecule has 0 atom stereocenters. The Morgan fingerprint density at radius 3 is 1.85 bits per heavy atom. The van der Waals surface area contributed by atoms with E-state index in [9.17, 15) is 0 Å². The molecule has 0 amide bonds. The second kappa shape index (κ2) is 7.53. The third-order valence-electron chi connectivity index (χ3n) is 3.03. The highest BCUT2D eigenvalue weighted by Gasteiger charge is 2.05. The van der Waals surface area contributed by atoms with E-state index >= 15 is 0 Å². The van der Waals surface area contributed by atoms with Crippen LogP contribution in [-0.2, 0) is 0 Å². The predicted octanol–water partition coefficient (Wildman–Crippen LogP) is 2.22. The van der Waals surface area contributed by atoms with Crippen LogP contribution in [0.25, 0.3) is 0 Å². The van der Waals surface area contributed by atoms with Crippen LogP contribution in [0.1, 0.15) is 0 Å². The fraction of sp³-hybridized carbons (Fsp3) is 0.250. The first-order valence-electron chi connectivity index (χ1n) is 6.72. The molecule has 0 unspecified atom stereocenters. The Morgan fingerprint density at radius 2 is 1.30 bits per heavy atom. The molecule has 4 nitrogen and oxygen atoms in total. The van der Waals surface area contributed by atoms with E-state index in [-0.39, 0.29) is 13.2 Å². The van der Waals surface area contributed by atoms with Crippen molar-refractivity contribution in [2.45, 2.75) is 0 Å². The van der Waals surface area contributed by atoms with Gasteiger partial charge in [-0.05, 0) is 36.4 Å². The van der Waals surface area contributed by atoms with Gasteiger partial charge < -0.3 is 20.4 Å². The molecule has 0 saturated carbocycles. The minimum Gasteiger partial charge on any atom is -0.395 e. The van der Waals surface area contributed by atoms with Crippen LogP contribution < -0.4 is 10.2 Å². The molecule has 0 spiro atoms. The van der Waals surface area contributed by atoms with Gasteiger partial charge in [-0.15, -0.1) is 0 Å². The molecule has 0 bridgehead atoms. The summed E-state index contributed by atoms with van der Waals surface area (Å²) >= 11 is 0. The van der Waals surface area contributed by atoms with Gasteiger partial charge in [0.25, 0.3) is 0 Å². The van der Waals surface area contributed by atoms with Crippen LogP contribution >= 0.6 is 0 Å². The van der Waals surface area contributed by atoms with Crippen LogP contribution in [0.2, 0.25) is 0 Å². The lowest BCUT2D eigenvalue weighted by atomic mass is 10.2. The molecular weight excluding hydrogens is 252 g/mol. The molecule has 20 heavy (non-hydrogen) atoms. The molecule has 0 aliphatic heterocycles. The van der Waals surface area contributed by atoms with Crippen molar-refractivity contribution in [2.75, 3.05) is 36.5 Å². The van der Waals surface area contributed by atoms with E-state index in [0.717, 1.165) is 17.1 Å². The summed E-state index contributed by atoms with van der Waals surface area (Å²) in [7, 11) is 0. The summed E-state index contributed by atoms with van der Waals surface area (Å²) in [5.74, 6) is 0. The van der Waals surface area contributed by atoms with E-state index in [1.54, 1.807) is 0 Å². The van der Waals surface area contributed by atoms with Crippen LogP contribution in [0.3, 0.4) is 0 Å². The Hall–Kier alpha value is -2.04. The van der Waals surface area contributed by atoms with Crippen molar-refractivity contribution < 1.29 is 10.2 Å². The van der Waals surface area contributed by atoms with E-state index < -0.39 is 0 Å². The van der Waals surface area contributed by atoms with Crippen molar-refractivity contribution >= 4 is 17.1 Å². The highest BCUT2D eigenvalue weighted by atomic mass is 16.3. The fourth-order valence-corrected chi connectivity index (χ4v) is 2.06. The molecule has 2 rings (SSSR count). The van der Waals surface area contributed by atoms with Gasteiger partial charge in [0, 0.05) is 30.2 Å². The number of hydrogen-bond acceptors (Lipinski definition) is 4. The van der Waals surface area contributed by atoms with Gasteiger partial charge in [-0.3, -0.25) is 0 Å². The zero-order valence-corrected chi connectivity index (χ0v) is 11.4. The molecule has 4 heteroatoms. The minimum absolute atomic E-state index is 0.0734. The molecule has 106 valence electrons. The van der Waals surface area contributed by atoms with Gasteiger partial charge in [-0.1, -0.05) is 18.2 Å². The Kier molecular flexibility index (Phi) is 5.41. The summed E-state index contributed by atoms with van der Waals surface area (Å²) in [6.07, 6.45) is 0. The molecule has 2 aromatic rings. The van der Waals surface area contributed by atoms with Gasteiger partial charge in [0.2, 0.25) is 0 Å². The molecule has 0 heterocycles. The van der Waals surface area contributed by atoms with E-state index in [4.69, 9.17) is 10.2 Å². The monoisotopic (exact) mass is 272 g/mol. The number of anilines is 3. The molecule has 0 saturated heterocycles. The quantitative estimate of drug-likeness (QED) is 0.723. The standard InChI is InChI=1S/C16H20N2O2/c19-12-10-18(11-13-20)16-8-6-15(7-9-16)17-14-4-2-1-3-5-14/h1-9,17,19-20H,10-13H2. The number of para-hydroxylation sites is 1. The summed E-state index contributed by atoms with van der Waals surface area (Å²) in [5.41, 5.74) is 3.04. The van der Waals surface area contributed by atoms with Crippen molar-refractivity contribution in [1.82, 2.24) is 0 Å². The molecular formula is C16H20N2O2. The van der Waals surface area contributed by atoms with E-state index in [1.807, 2.05) is 59.5 Å². The number of aliphatic hydroxyl groups is 2. The van der Waals surface area contributed by atoms with Crippen molar-refractivity contribution in [3.63, 3.8) is 0 Å². The number of rotatable bonds is 7. The Labute approximate surface area is 119 Å². The zero-order valence-electron chi connectivity index (χ0n) is 11.4. The number of benzene rings is 2. The van der Waals surface area contributed by atoms with E-state index in [2.05, 4.69) is 5.32 Å². The normalized spacial score (nSPS) is 10.3. The van der Waals surface area contributed by atoms with Crippen LogP contribution in [0.4, 0.5) is 17.1 Å². The molecule has 0 aromatic heterocycles. The predicted molar refractivity (Wildman–Crippen MR) is 82.6 cm³/mol. The summed E-state index contributed by atoms with van der Waals surface area (Å²) in [5, 5.41) is 21.4. The second-order valence-corrected chi connectivity index (χ2v) is 4.47. The maximum Gasteiger partial charge on any atom is 0.0606 e. The fourth-order valence-electron chi connectivity index (χ4n) is 2.06. The SMILES string of the molecule is OCCN(CCO)c1ccc(Nc2ccccc2)cc1. The number of nitrogens with zero attached hydrogens (tertiary/aromatic N) is 1. The van der Waals surface area contributed by atoms with Gasteiger partial charge in [0.05, 0.1) is 13.2 Å².